The minimum absolute atomic E-state index is 0.659. The molecule has 0 saturated heterocycles. The van der Waals surface area contributed by atoms with Crippen LogP contribution in [0.15, 0.2) is 126 Å². The van der Waals surface area contributed by atoms with Crippen LogP contribution in [0, 0.1) is 0 Å². The Hall–Kier alpha value is -5.15. The Morgan fingerprint density at radius 3 is 2.26 bits per heavy atom. The highest BCUT2D eigenvalue weighted by molar-refractivity contribution is 6.22. The first-order chi connectivity index (χ1) is 18.8. The van der Waals surface area contributed by atoms with E-state index in [-0.39, 0.29) is 0 Å². The minimum Gasteiger partial charge on any atom is -0.435 e. The summed E-state index contributed by atoms with van der Waals surface area (Å²) >= 11 is 0. The lowest BCUT2D eigenvalue weighted by atomic mass is 10.0. The lowest BCUT2D eigenvalue weighted by Crippen LogP contribution is -1.95. The Morgan fingerprint density at radius 1 is 0.553 bits per heavy atom. The molecule has 2 heterocycles. The van der Waals surface area contributed by atoms with Gasteiger partial charge in [0, 0.05) is 38.5 Å². The molecule has 0 unspecified atom stereocenters. The molecule has 0 N–H and O–H groups in total. The highest BCUT2D eigenvalue weighted by Gasteiger charge is 2.29. The molecular weight excluding hydrogens is 464 g/mol. The molecule has 0 radical (unpaired) electrons. The lowest BCUT2D eigenvalue weighted by Gasteiger charge is -2.12. The zero-order chi connectivity index (χ0) is 24.8. The average molecular weight is 485 g/mol. The van der Waals surface area contributed by atoms with Gasteiger partial charge in [0.25, 0.3) is 0 Å². The number of rotatable bonds is 2. The first kappa shape index (κ1) is 20.0. The molecule has 0 spiro atoms. The largest absolute Gasteiger partial charge is 0.435 e. The summed E-state index contributed by atoms with van der Waals surface area (Å²) in [6.07, 6.45) is 0. The maximum absolute atomic E-state index is 6.39. The molecule has 0 fully saturated rings. The van der Waals surface area contributed by atoms with Crippen molar-refractivity contribution in [2.24, 2.45) is 0 Å². The molecule has 1 aliphatic rings. The second-order valence-electron chi connectivity index (χ2n) is 9.99. The number of oxazole rings is 1. The summed E-state index contributed by atoms with van der Waals surface area (Å²) in [5, 5.41) is 7.49. The summed E-state index contributed by atoms with van der Waals surface area (Å²) in [5.74, 6) is 1.52. The third kappa shape index (κ3) is 2.55. The van der Waals surface area contributed by atoms with Gasteiger partial charge in [-0.25, -0.2) is 4.98 Å². The van der Waals surface area contributed by atoms with Crippen LogP contribution >= 0.6 is 0 Å². The molecule has 8 aromatic rings. The van der Waals surface area contributed by atoms with Crippen molar-refractivity contribution in [2.45, 2.75) is 0 Å². The Labute approximate surface area is 218 Å². The Kier molecular flexibility index (Phi) is 3.79. The molecule has 0 aliphatic heterocycles. The zero-order valence-electron chi connectivity index (χ0n) is 20.3. The average Bonchev–Trinajstić information content (AvgIpc) is 3.64. The topological polar surface area (TPSA) is 31.0 Å². The van der Waals surface area contributed by atoms with E-state index in [4.69, 9.17) is 9.40 Å². The van der Waals surface area contributed by atoms with Gasteiger partial charge in [-0.05, 0) is 52.6 Å². The third-order valence-electron chi connectivity index (χ3n) is 7.93. The fourth-order valence-electron chi connectivity index (χ4n) is 6.32. The number of benzene rings is 6. The Bertz CT molecular complexity index is 2230. The number of hydrogen-bond donors (Lipinski definition) is 0. The van der Waals surface area contributed by atoms with Crippen LogP contribution in [0.5, 0.6) is 0 Å². The van der Waals surface area contributed by atoms with Crippen molar-refractivity contribution >= 4 is 43.4 Å². The van der Waals surface area contributed by atoms with E-state index in [1.54, 1.807) is 0 Å². The first-order valence-corrected chi connectivity index (χ1v) is 12.9. The summed E-state index contributed by atoms with van der Waals surface area (Å²) in [7, 11) is 0. The van der Waals surface area contributed by atoms with E-state index in [9.17, 15) is 0 Å². The smallest absolute Gasteiger partial charge is 0.227 e. The molecule has 3 nitrogen and oxygen atoms in total. The maximum Gasteiger partial charge on any atom is 0.227 e. The number of nitrogens with zero attached hydrogens (tertiary/aromatic N) is 2. The van der Waals surface area contributed by atoms with Gasteiger partial charge in [-0.1, -0.05) is 84.9 Å². The molecular formula is C35H20N2O. The van der Waals surface area contributed by atoms with Crippen LogP contribution in [-0.2, 0) is 0 Å². The predicted octanol–water partition coefficient (Wildman–Crippen LogP) is 9.39. The van der Waals surface area contributed by atoms with E-state index >= 15 is 0 Å². The van der Waals surface area contributed by atoms with Gasteiger partial charge in [-0.3, -0.25) is 0 Å². The van der Waals surface area contributed by atoms with E-state index < -0.39 is 0 Å². The highest BCUT2D eigenvalue weighted by Crippen LogP contribution is 2.49. The quantitative estimate of drug-likeness (QED) is 0.245. The summed E-state index contributed by atoms with van der Waals surface area (Å²) in [5.41, 5.74) is 7.68. The van der Waals surface area contributed by atoms with E-state index in [0.29, 0.717) is 5.89 Å². The van der Waals surface area contributed by atoms with Crippen molar-refractivity contribution in [2.75, 3.05) is 0 Å². The summed E-state index contributed by atoms with van der Waals surface area (Å²) < 4.78 is 8.78. The van der Waals surface area contributed by atoms with Gasteiger partial charge in [0.1, 0.15) is 5.69 Å². The fraction of sp³-hybridized carbons (Fsp3) is 0. The maximum atomic E-state index is 6.39. The third-order valence-corrected chi connectivity index (χ3v) is 7.93. The normalized spacial score (nSPS) is 12.2. The monoisotopic (exact) mass is 484 g/mol. The molecule has 6 aromatic carbocycles. The van der Waals surface area contributed by atoms with Crippen molar-refractivity contribution in [3.63, 3.8) is 0 Å². The summed E-state index contributed by atoms with van der Waals surface area (Å²) in [6.45, 7) is 0. The minimum atomic E-state index is 0.659. The molecule has 2 aromatic heterocycles. The molecule has 3 heteroatoms. The molecule has 0 atom stereocenters. The lowest BCUT2D eigenvalue weighted by molar-refractivity contribution is 0.590. The van der Waals surface area contributed by atoms with Crippen LogP contribution in [0.4, 0.5) is 0 Å². The van der Waals surface area contributed by atoms with E-state index in [1.165, 1.54) is 43.4 Å². The van der Waals surface area contributed by atoms with Gasteiger partial charge < -0.3 is 8.98 Å². The van der Waals surface area contributed by atoms with Crippen molar-refractivity contribution < 1.29 is 4.42 Å². The molecule has 1 aliphatic carbocycles. The van der Waals surface area contributed by atoms with Crippen LogP contribution in [0.3, 0.4) is 0 Å². The molecule has 0 saturated carbocycles. The molecule has 38 heavy (non-hydrogen) atoms. The molecule has 9 rings (SSSR count). The van der Waals surface area contributed by atoms with Gasteiger partial charge in [0.2, 0.25) is 5.89 Å². The van der Waals surface area contributed by atoms with Crippen LogP contribution in [0.2, 0.25) is 0 Å². The fourth-order valence-corrected chi connectivity index (χ4v) is 6.32. The molecule has 176 valence electrons. The second-order valence-corrected chi connectivity index (χ2v) is 9.99. The van der Waals surface area contributed by atoms with Gasteiger partial charge >= 0.3 is 0 Å². The SMILES string of the molecule is c1ccc(-c2nc3c(o2)-c2cccc4cc(-n5c6ccccc6c6c7ccccc7ccc65)cc-3c24)cc1. The van der Waals surface area contributed by atoms with Crippen molar-refractivity contribution in [1.29, 1.82) is 0 Å². The van der Waals surface area contributed by atoms with Gasteiger partial charge in [-0.2, -0.15) is 0 Å². The van der Waals surface area contributed by atoms with Crippen molar-refractivity contribution in [3.8, 4) is 39.7 Å². The van der Waals surface area contributed by atoms with Crippen LogP contribution in [0.25, 0.3) is 83.1 Å². The van der Waals surface area contributed by atoms with Crippen molar-refractivity contribution in [1.82, 2.24) is 9.55 Å². The van der Waals surface area contributed by atoms with Gasteiger partial charge in [0.05, 0.1) is 11.0 Å². The van der Waals surface area contributed by atoms with Crippen LogP contribution < -0.4 is 0 Å². The standard InChI is InChI=1S/C35H20N2O/c1-2-10-22(11-3-1)35-36-33-28-20-24(19-23-12-8-15-27(31(23)28)34(33)38-35)37-29-16-7-6-14-26(29)32-25-13-5-4-9-21(25)17-18-30(32)37/h1-20H. The Balaban J connectivity index is 1.36. The van der Waals surface area contributed by atoms with E-state index in [2.05, 4.69) is 95.6 Å². The first-order valence-electron chi connectivity index (χ1n) is 12.9. The highest BCUT2D eigenvalue weighted by atomic mass is 16.4. The number of hydrogen-bond acceptors (Lipinski definition) is 2. The summed E-state index contributed by atoms with van der Waals surface area (Å²) in [4.78, 5) is 5.01. The predicted molar refractivity (Wildman–Crippen MR) is 156 cm³/mol. The number of para-hydroxylation sites is 1. The van der Waals surface area contributed by atoms with E-state index in [1.807, 2.05) is 30.3 Å². The van der Waals surface area contributed by atoms with Gasteiger partial charge in [0.15, 0.2) is 5.76 Å². The Morgan fingerprint density at radius 2 is 1.34 bits per heavy atom. The van der Waals surface area contributed by atoms with Crippen LogP contribution in [-0.4, -0.2) is 9.55 Å². The second kappa shape index (κ2) is 7.21. The van der Waals surface area contributed by atoms with Crippen LogP contribution in [0.1, 0.15) is 0 Å². The molecule has 0 bridgehead atoms. The van der Waals surface area contributed by atoms with E-state index in [0.717, 1.165) is 33.8 Å². The van der Waals surface area contributed by atoms with Gasteiger partial charge in [-0.15, -0.1) is 0 Å². The number of aromatic nitrogens is 2. The van der Waals surface area contributed by atoms with Crippen molar-refractivity contribution in [3.05, 3.63) is 121 Å². The summed E-state index contributed by atoms with van der Waals surface area (Å²) in [6, 6.07) is 43.0. The number of fused-ring (bicyclic) bond motifs is 8. The molecule has 0 amide bonds. The zero-order valence-corrected chi connectivity index (χ0v) is 20.3.